The summed E-state index contributed by atoms with van der Waals surface area (Å²) in [5.74, 6) is -0.885. The Morgan fingerprint density at radius 1 is 1.33 bits per heavy atom. The van der Waals surface area contributed by atoms with Crippen LogP contribution in [0, 0.1) is 0 Å². The number of nitrogens with zero attached hydrogens (tertiary/aromatic N) is 1. The lowest BCUT2D eigenvalue weighted by Crippen LogP contribution is -2.52. The zero-order valence-electron chi connectivity index (χ0n) is 12.1. The molecule has 0 rings (SSSR count). The van der Waals surface area contributed by atoms with E-state index in [1.165, 1.54) is 0 Å². The molecule has 0 aromatic rings. The third kappa shape index (κ3) is 6.00. The molecule has 0 aliphatic carbocycles. The number of aliphatic carboxylic acids is 1. The Morgan fingerprint density at radius 2 is 1.89 bits per heavy atom. The number of hydrogen-bond acceptors (Lipinski definition) is 3. The Labute approximate surface area is 110 Å². The van der Waals surface area contributed by atoms with Gasteiger partial charge >= 0.3 is 5.97 Å². The van der Waals surface area contributed by atoms with Crippen LogP contribution in [-0.2, 0) is 9.59 Å². The fraction of sp³-hybridized carbons (Fsp3) is 0.846. The van der Waals surface area contributed by atoms with E-state index in [-0.39, 0.29) is 23.9 Å². The second-order valence-corrected chi connectivity index (χ2v) is 5.17. The monoisotopic (exact) mass is 258 g/mol. The van der Waals surface area contributed by atoms with Crippen LogP contribution in [0.25, 0.3) is 0 Å². The quantitative estimate of drug-likeness (QED) is 0.692. The standard InChI is InChI=1S/C13H26N2O3/c1-6-13(4,5)14-12(18)10(3)15(7-2)9-8-11(16)17/h10H,6-9H2,1-5H3,(H,14,18)(H,16,17). The van der Waals surface area contributed by atoms with E-state index in [2.05, 4.69) is 5.32 Å². The van der Waals surface area contributed by atoms with E-state index in [0.29, 0.717) is 13.1 Å². The average Bonchev–Trinajstić information content (AvgIpc) is 2.28. The Bertz CT molecular complexity index is 290. The molecule has 5 nitrogen and oxygen atoms in total. The summed E-state index contributed by atoms with van der Waals surface area (Å²) < 4.78 is 0. The van der Waals surface area contributed by atoms with Gasteiger partial charge in [-0.15, -0.1) is 0 Å². The largest absolute Gasteiger partial charge is 0.481 e. The molecule has 0 aliphatic rings. The van der Waals surface area contributed by atoms with Gasteiger partial charge in [0.25, 0.3) is 0 Å². The molecule has 106 valence electrons. The van der Waals surface area contributed by atoms with Gasteiger partial charge in [0.2, 0.25) is 5.91 Å². The predicted molar refractivity (Wildman–Crippen MR) is 71.5 cm³/mol. The van der Waals surface area contributed by atoms with Gasteiger partial charge in [0, 0.05) is 12.1 Å². The van der Waals surface area contributed by atoms with Crippen LogP contribution in [0.1, 0.15) is 47.5 Å². The molecule has 0 radical (unpaired) electrons. The Kier molecular flexibility index (Phi) is 6.91. The van der Waals surface area contributed by atoms with Crippen molar-refractivity contribution in [2.45, 2.75) is 59.0 Å². The second kappa shape index (κ2) is 7.36. The molecule has 0 aromatic carbocycles. The molecule has 0 heterocycles. The van der Waals surface area contributed by atoms with Gasteiger partial charge in [-0.25, -0.2) is 0 Å². The van der Waals surface area contributed by atoms with E-state index in [1.807, 2.05) is 39.5 Å². The Morgan fingerprint density at radius 3 is 2.28 bits per heavy atom. The van der Waals surface area contributed by atoms with Gasteiger partial charge in [-0.2, -0.15) is 0 Å². The van der Waals surface area contributed by atoms with Crippen molar-refractivity contribution in [3.05, 3.63) is 0 Å². The van der Waals surface area contributed by atoms with E-state index in [4.69, 9.17) is 5.11 Å². The van der Waals surface area contributed by atoms with Crippen LogP contribution < -0.4 is 5.32 Å². The molecule has 0 aromatic heterocycles. The third-order valence-corrected chi connectivity index (χ3v) is 3.29. The smallest absolute Gasteiger partial charge is 0.304 e. The summed E-state index contributed by atoms with van der Waals surface area (Å²) in [7, 11) is 0. The van der Waals surface area contributed by atoms with Gasteiger partial charge in [0.1, 0.15) is 0 Å². The number of carbonyl (C=O) groups excluding carboxylic acids is 1. The normalized spacial score (nSPS) is 13.4. The first kappa shape index (κ1) is 16.9. The molecular weight excluding hydrogens is 232 g/mol. The van der Waals surface area contributed by atoms with Gasteiger partial charge in [0.15, 0.2) is 0 Å². The number of carbonyl (C=O) groups is 2. The summed E-state index contributed by atoms with van der Waals surface area (Å²) in [5.41, 5.74) is -0.225. The summed E-state index contributed by atoms with van der Waals surface area (Å²) in [6.07, 6.45) is 0.912. The van der Waals surface area contributed by atoms with Crippen molar-refractivity contribution in [2.75, 3.05) is 13.1 Å². The highest BCUT2D eigenvalue weighted by Gasteiger charge is 2.25. The number of hydrogen-bond donors (Lipinski definition) is 2. The first-order valence-corrected chi connectivity index (χ1v) is 6.51. The van der Waals surface area contributed by atoms with Crippen molar-refractivity contribution in [2.24, 2.45) is 0 Å². The number of carboxylic acids is 1. The zero-order valence-corrected chi connectivity index (χ0v) is 12.1. The van der Waals surface area contributed by atoms with Crippen molar-refractivity contribution >= 4 is 11.9 Å². The molecule has 1 unspecified atom stereocenters. The molecule has 0 saturated heterocycles. The first-order valence-electron chi connectivity index (χ1n) is 6.51. The highest BCUT2D eigenvalue weighted by atomic mass is 16.4. The molecular formula is C13H26N2O3. The van der Waals surface area contributed by atoms with Gasteiger partial charge in [-0.1, -0.05) is 13.8 Å². The Hall–Kier alpha value is -1.10. The third-order valence-electron chi connectivity index (χ3n) is 3.29. The van der Waals surface area contributed by atoms with Crippen LogP contribution in [0.15, 0.2) is 0 Å². The van der Waals surface area contributed by atoms with Gasteiger partial charge in [0.05, 0.1) is 12.5 Å². The van der Waals surface area contributed by atoms with E-state index in [9.17, 15) is 9.59 Å². The molecule has 0 bridgehead atoms. The highest BCUT2D eigenvalue weighted by Crippen LogP contribution is 2.09. The van der Waals surface area contributed by atoms with Crippen LogP contribution in [0.4, 0.5) is 0 Å². The maximum atomic E-state index is 12.1. The first-order chi connectivity index (χ1) is 8.23. The van der Waals surface area contributed by atoms with E-state index in [0.717, 1.165) is 6.42 Å². The Balaban J connectivity index is 4.44. The van der Waals surface area contributed by atoms with Crippen LogP contribution >= 0.6 is 0 Å². The molecule has 0 saturated carbocycles. The minimum Gasteiger partial charge on any atom is -0.481 e. The van der Waals surface area contributed by atoms with Crippen molar-refractivity contribution in [3.63, 3.8) is 0 Å². The van der Waals surface area contributed by atoms with Crippen molar-refractivity contribution < 1.29 is 14.7 Å². The predicted octanol–water partition coefficient (Wildman–Crippen LogP) is 1.48. The SMILES string of the molecule is CCN(CCC(=O)O)C(C)C(=O)NC(C)(C)CC. The summed E-state index contributed by atoms with van der Waals surface area (Å²) in [6.45, 7) is 10.8. The van der Waals surface area contributed by atoms with Crippen molar-refractivity contribution in [1.29, 1.82) is 0 Å². The number of amides is 1. The summed E-state index contributed by atoms with van der Waals surface area (Å²) >= 11 is 0. The van der Waals surface area contributed by atoms with Crippen LogP contribution in [0.3, 0.4) is 0 Å². The zero-order chi connectivity index (χ0) is 14.3. The molecule has 18 heavy (non-hydrogen) atoms. The number of nitrogens with one attached hydrogen (secondary N) is 1. The van der Waals surface area contributed by atoms with Crippen molar-refractivity contribution in [1.82, 2.24) is 10.2 Å². The maximum Gasteiger partial charge on any atom is 0.304 e. The topological polar surface area (TPSA) is 69.6 Å². The molecule has 1 atom stereocenters. The maximum absolute atomic E-state index is 12.1. The lowest BCUT2D eigenvalue weighted by Gasteiger charge is -2.31. The summed E-state index contributed by atoms with van der Waals surface area (Å²) in [4.78, 5) is 24.5. The van der Waals surface area contributed by atoms with Crippen LogP contribution in [0.5, 0.6) is 0 Å². The molecule has 5 heteroatoms. The molecule has 2 N–H and O–H groups in total. The lowest BCUT2D eigenvalue weighted by molar-refractivity contribution is -0.138. The molecule has 0 aliphatic heterocycles. The number of likely N-dealkylation sites (N-methyl/N-ethyl adjacent to an activating group) is 1. The van der Waals surface area contributed by atoms with E-state index < -0.39 is 5.97 Å². The molecule has 0 fully saturated rings. The second-order valence-electron chi connectivity index (χ2n) is 5.17. The van der Waals surface area contributed by atoms with E-state index >= 15 is 0 Å². The fourth-order valence-corrected chi connectivity index (χ4v) is 1.56. The molecule has 1 amide bonds. The van der Waals surface area contributed by atoms with Crippen LogP contribution in [-0.4, -0.2) is 46.6 Å². The van der Waals surface area contributed by atoms with Crippen LogP contribution in [0.2, 0.25) is 0 Å². The minimum atomic E-state index is -0.838. The highest BCUT2D eigenvalue weighted by molar-refractivity contribution is 5.82. The molecule has 0 spiro atoms. The van der Waals surface area contributed by atoms with Gasteiger partial charge in [-0.3, -0.25) is 14.5 Å². The van der Waals surface area contributed by atoms with Crippen molar-refractivity contribution in [3.8, 4) is 0 Å². The van der Waals surface area contributed by atoms with E-state index in [1.54, 1.807) is 0 Å². The van der Waals surface area contributed by atoms with Gasteiger partial charge < -0.3 is 10.4 Å². The lowest BCUT2D eigenvalue weighted by atomic mass is 10.0. The average molecular weight is 258 g/mol. The van der Waals surface area contributed by atoms with Gasteiger partial charge in [-0.05, 0) is 33.7 Å². The summed E-state index contributed by atoms with van der Waals surface area (Å²) in [6, 6.07) is -0.305. The minimum absolute atomic E-state index is 0.0471. The number of carboxylic acid groups (broad SMARTS) is 1. The fourth-order valence-electron chi connectivity index (χ4n) is 1.56. The summed E-state index contributed by atoms with van der Waals surface area (Å²) in [5, 5.41) is 11.7. The number of rotatable bonds is 8.